The fraction of sp³-hybridized carbons (Fsp3) is 0.467. The van der Waals surface area contributed by atoms with Crippen molar-refractivity contribution in [2.45, 2.75) is 33.2 Å². The fourth-order valence-corrected chi connectivity index (χ4v) is 2.27. The van der Waals surface area contributed by atoms with Crippen LogP contribution >= 0.6 is 0 Å². The number of hydrazone groups is 1. The van der Waals surface area contributed by atoms with Gasteiger partial charge in [-0.1, -0.05) is 44.2 Å². The third-order valence-corrected chi connectivity index (χ3v) is 4.25. The summed E-state index contributed by atoms with van der Waals surface area (Å²) in [7, 11) is 1.38. The first kappa shape index (κ1) is 13.6. The quantitative estimate of drug-likeness (QED) is 0.777. The topological polar surface area (TPSA) is 41.9 Å². The predicted molar refractivity (Wildman–Crippen MR) is 75.1 cm³/mol. The van der Waals surface area contributed by atoms with Crippen LogP contribution in [0.2, 0.25) is 0 Å². The van der Waals surface area contributed by atoms with Crippen LogP contribution in [-0.4, -0.2) is 29.5 Å². The van der Waals surface area contributed by atoms with E-state index in [4.69, 9.17) is 4.74 Å². The van der Waals surface area contributed by atoms with Crippen molar-refractivity contribution in [2.75, 3.05) is 7.11 Å². The van der Waals surface area contributed by atoms with Crippen LogP contribution in [-0.2, 0) is 4.74 Å². The number of amides is 1. The summed E-state index contributed by atoms with van der Waals surface area (Å²) < 4.78 is 4.83. The van der Waals surface area contributed by atoms with E-state index in [2.05, 4.69) is 18.9 Å². The lowest BCUT2D eigenvalue weighted by Gasteiger charge is -2.39. The van der Waals surface area contributed by atoms with Crippen LogP contribution < -0.4 is 0 Å². The van der Waals surface area contributed by atoms with Crippen molar-refractivity contribution in [1.82, 2.24) is 5.01 Å². The molecule has 1 amide bonds. The Labute approximate surface area is 114 Å². The van der Waals surface area contributed by atoms with E-state index in [9.17, 15) is 4.79 Å². The smallest absolute Gasteiger partial charge is 0.430 e. The molecule has 1 aromatic rings. The second-order valence-corrected chi connectivity index (χ2v) is 5.78. The van der Waals surface area contributed by atoms with Gasteiger partial charge in [0.05, 0.1) is 18.4 Å². The first-order chi connectivity index (χ1) is 8.82. The molecular weight excluding hydrogens is 240 g/mol. The molecule has 1 heterocycles. The summed E-state index contributed by atoms with van der Waals surface area (Å²) in [6.07, 6.45) is -0.427. The van der Waals surface area contributed by atoms with Gasteiger partial charge in [0.1, 0.15) is 0 Å². The molecule has 19 heavy (non-hydrogen) atoms. The first-order valence-electron chi connectivity index (χ1n) is 6.35. The lowest BCUT2D eigenvalue weighted by Crippen LogP contribution is -2.51. The number of hydrogen-bond donors (Lipinski definition) is 0. The Kier molecular flexibility index (Phi) is 3.12. The minimum atomic E-state index is -0.439. The Balaban J connectivity index is 2.52. The Bertz CT molecular complexity index is 518. The molecule has 0 saturated heterocycles. The number of hydrogen-bond acceptors (Lipinski definition) is 3. The van der Waals surface area contributed by atoms with E-state index in [-0.39, 0.29) is 5.41 Å². The Hall–Kier alpha value is -1.84. The van der Waals surface area contributed by atoms with Crippen molar-refractivity contribution in [2.24, 2.45) is 10.5 Å². The van der Waals surface area contributed by atoms with Crippen LogP contribution in [0.5, 0.6) is 0 Å². The summed E-state index contributed by atoms with van der Waals surface area (Å²) in [5.74, 6) is 0. The van der Waals surface area contributed by atoms with Crippen molar-refractivity contribution in [3.8, 4) is 0 Å². The highest BCUT2D eigenvalue weighted by Gasteiger charge is 2.53. The van der Waals surface area contributed by atoms with Gasteiger partial charge in [-0.3, -0.25) is 0 Å². The van der Waals surface area contributed by atoms with E-state index >= 15 is 0 Å². The summed E-state index contributed by atoms with van der Waals surface area (Å²) in [5, 5.41) is 5.95. The molecule has 0 bridgehead atoms. The van der Waals surface area contributed by atoms with E-state index in [0.717, 1.165) is 11.3 Å². The molecule has 0 spiro atoms. The Morgan fingerprint density at radius 1 is 1.16 bits per heavy atom. The minimum absolute atomic E-state index is 0.261. The summed E-state index contributed by atoms with van der Waals surface area (Å²) >= 11 is 0. The largest absolute Gasteiger partial charge is 0.451 e. The monoisotopic (exact) mass is 260 g/mol. The Morgan fingerprint density at radius 2 is 1.74 bits per heavy atom. The van der Waals surface area contributed by atoms with Crippen molar-refractivity contribution >= 4 is 11.8 Å². The fourth-order valence-electron chi connectivity index (χ4n) is 2.27. The van der Waals surface area contributed by atoms with E-state index in [1.165, 1.54) is 12.1 Å². The van der Waals surface area contributed by atoms with E-state index in [0.29, 0.717) is 0 Å². The Morgan fingerprint density at radius 3 is 2.26 bits per heavy atom. The summed E-state index contributed by atoms with van der Waals surface area (Å²) in [6, 6.07) is 9.94. The van der Waals surface area contributed by atoms with Gasteiger partial charge in [0.15, 0.2) is 0 Å². The normalized spacial score (nSPS) is 20.1. The van der Waals surface area contributed by atoms with Crippen LogP contribution in [0.25, 0.3) is 0 Å². The number of rotatable bonds is 1. The second-order valence-electron chi connectivity index (χ2n) is 5.78. The SMILES string of the molecule is COC(=O)N1N=C(c2ccccc2)C(C)(C)C1(C)C. The molecule has 0 fully saturated rings. The van der Waals surface area contributed by atoms with Gasteiger partial charge in [0, 0.05) is 5.41 Å². The highest BCUT2D eigenvalue weighted by atomic mass is 16.5. The van der Waals surface area contributed by atoms with Crippen LogP contribution in [0.1, 0.15) is 33.3 Å². The summed E-state index contributed by atoms with van der Waals surface area (Å²) in [5.41, 5.74) is 1.24. The van der Waals surface area contributed by atoms with Gasteiger partial charge >= 0.3 is 6.09 Å². The molecule has 0 unspecified atom stereocenters. The molecule has 1 aliphatic heterocycles. The highest BCUT2D eigenvalue weighted by Crippen LogP contribution is 2.44. The van der Waals surface area contributed by atoms with Gasteiger partial charge in [-0.05, 0) is 19.4 Å². The zero-order chi connectivity index (χ0) is 14.3. The van der Waals surface area contributed by atoms with Gasteiger partial charge in [0.25, 0.3) is 0 Å². The number of methoxy groups -OCH3 is 1. The molecule has 1 aromatic carbocycles. The molecule has 1 aliphatic rings. The molecular formula is C15H20N2O2. The molecule has 102 valence electrons. The molecule has 0 atom stereocenters. The molecule has 4 nitrogen and oxygen atoms in total. The van der Waals surface area contributed by atoms with Crippen molar-refractivity contribution in [3.63, 3.8) is 0 Å². The standard InChI is InChI=1S/C15H20N2O2/c1-14(2)12(11-9-7-6-8-10-11)16-17(13(18)19-5)15(14,3)4/h6-10H,1-5H3. The molecule has 0 radical (unpaired) electrons. The maximum absolute atomic E-state index is 11.9. The maximum Gasteiger partial charge on any atom is 0.430 e. The molecule has 0 aromatic heterocycles. The van der Waals surface area contributed by atoms with Gasteiger partial charge in [-0.25, -0.2) is 4.79 Å². The second kappa shape index (κ2) is 4.37. The van der Waals surface area contributed by atoms with Crippen LogP contribution in [0.15, 0.2) is 35.4 Å². The average Bonchev–Trinajstić information content (AvgIpc) is 2.57. The third kappa shape index (κ3) is 1.91. The first-order valence-corrected chi connectivity index (χ1v) is 6.35. The molecule has 4 heteroatoms. The lowest BCUT2D eigenvalue weighted by atomic mass is 9.70. The van der Waals surface area contributed by atoms with E-state index < -0.39 is 11.6 Å². The molecule has 0 N–H and O–H groups in total. The van der Waals surface area contributed by atoms with Crippen LogP contribution in [0.4, 0.5) is 4.79 Å². The van der Waals surface area contributed by atoms with Gasteiger partial charge in [-0.15, -0.1) is 0 Å². The van der Waals surface area contributed by atoms with Crippen molar-refractivity contribution < 1.29 is 9.53 Å². The van der Waals surface area contributed by atoms with Gasteiger partial charge < -0.3 is 4.74 Å². The molecule has 0 saturated carbocycles. The number of carbonyl (C=O) groups excluding carboxylic acids is 1. The summed E-state index contributed by atoms with van der Waals surface area (Å²) in [6.45, 7) is 8.20. The molecule has 0 aliphatic carbocycles. The van der Waals surface area contributed by atoms with E-state index in [1.807, 2.05) is 44.2 Å². The number of carbonyl (C=O) groups is 1. The third-order valence-electron chi connectivity index (χ3n) is 4.25. The van der Waals surface area contributed by atoms with Crippen LogP contribution in [0, 0.1) is 5.41 Å². The summed E-state index contributed by atoms with van der Waals surface area (Å²) in [4.78, 5) is 11.9. The van der Waals surface area contributed by atoms with Crippen molar-refractivity contribution in [3.05, 3.63) is 35.9 Å². The highest BCUT2D eigenvalue weighted by molar-refractivity contribution is 6.07. The molecule has 2 rings (SSSR count). The number of benzene rings is 1. The lowest BCUT2D eigenvalue weighted by molar-refractivity contribution is 0.0586. The maximum atomic E-state index is 11.9. The zero-order valence-corrected chi connectivity index (χ0v) is 12.1. The zero-order valence-electron chi connectivity index (χ0n) is 12.1. The van der Waals surface area contributed by atoms with Gasteiger partial charge in [0.2, 0.25) is 0 Å². The van der Waals surface area contributed by atoms with E-state index in [1.54, 1.807) is 0 Å². The van der Waals surface area contributed by atoms with Crippen molar-refractivity contribution in [1.29, 1.82) is 0 Å². The average molecular weight is 260 g/mol. The van der Waals surface area contributed by atoms with Gasteiger partial charge in [-0.2, -0.15) is 10.1 Å². The number of nitrogens with zero attached hydrogens (tertiary/aromatic N) is 2. The predicted octanol–water partition coefficient (Wildman–Crippen LogP) is 3.28. The minimum Gasteiger partial charge on any atom is -0.451 e. The van der Waals surface area contributed by atoms with Crippen LogP contribution in [0.3, 0.4) is 0 Å². The number of ether oxygens (including phenoxy) is 1.